The lowest BCUT2D eigenvalue weighted by atomic mass is 10.3. The second-order valence-electron chi connectivity index (χ2n) is 3.70. The van der Waals surface area contributed by atoms with Crippen LogP contribution in [0.2, 0.25) is 0 Å². The molecule has 0 radical (unpaired) electrons. The fourth-order valence-corrected chi connectivity index (χ4v) is 2.91. The molecule has 0 unspecified atom stereocenters. The molecule has 0 bridgehead atoms. The van der Waals surface area contributed by atoms with Crippen molar-refractivity contribution >= 4 is 21.8 Å². The van der Waals surface area contributed by atoms with Crippen LogP contribution in [0.25, 0.3) is 0 Å². The zero-order valence-corrected chi connectivity index (χ0v) is 11.9. The Balaban J connectivity index is 2.97. The quantitative estimate of drug-likeness (QED) is 0.835. The van der Waals surface area contributed by atoms with E-state index in [1.54, 1.807) is 0 Å². The average Bonchev–Trinajstić information content (AvgIpc) is 2.35. The topological polar surface area (TPSA) is 50.3 Å². The van der Waals surface area contributed by atoms with E-state index in [0.29, 0.717) is 11.8 Å². The molecular weight excluding hydrogens is 301 g/mol. The third kappa shape index (κ3) is 4.08. The molecule has 0 saturated carbocycles. The molecule has 1 aromatic heterocycles. The van der Waals surface area contributed by atoms with Gasteiger partial charge in [0.05, 0.1) is 0 Å². The fourth-order valence-electron chi connectivity index (χ4n) is 1.22. The molecule has 4 nitrogen and oxygen atoms in total. The normalized spacial score (nSPS) is 12.9. The Morgan fingerprint density at radius 2 is 2.00 bits per heavy atom. The van der Waals surface area contributed by atoms with Crippen molar-refractivity contribution in [2.24, 2.45) is 0 Å². The van der Waals surface area contributed by atoms with Crippen molar-refractivity contribution in [1.29, 1.82) is 0 Å². The summed E-state index contributed by atoms with van der Waals surface area (Å²) < 4.78 is 62.0. The van der Waals surface area contributed by atoms with Crippen molar-refractivity contribution in [1.82, 2.24) is 9.29 Å². The molecule has 0 amide bonds. The van der Waals surface area contributed by atoms with E-state index in [1.165, 1.54) is 18.8 Å². The van der Waals surface area contributed by atoms with Crippen LogP contribution in [-0.2, 0) is 16.2 Å². The standard InChI is InChI=1S/C10H13F3N2O2S2/c1-15(5-6-18-2)19(16,17)8-3-4-9(14-7-8)10(11,12)13/h3-4,7H,5-6H2,1-2H3. The number of alkyl halides is 3. The number of sulfonamides is 1. The molecule has 108 valence electrons. The molecule has 0 saturated heterocycles. The Labute approximate surface area is 114 Å². The van der Waals surface area contributed by atoms with Crippen LogP contribution in [0.3, 0.4) is 0 Å². The van der Waals surface area contributed by atoms with Crippen LogP contribution in [0, 0.1) is 0 Å². The van der Waals surface area contributed by atoms with Crippen LogP contribution >= 0.6 is 11.8 Å². The van der Waals surface area contributed by atoms with Crippen LogP contribution < -0.4 is 0 Å². The Kier molecular flexibility index (Phi) is 5.22. The first-order valence-electron chi connectivity index (χ1n) is 5.18. The van der Waals surface area contributed by atoms with Crippen LogP contribution in [0.15, 0.2) is 23.2 Å². The lowest BCUT2D eigenvalue weighted by Crippen LogP contribution is -2.29. The predicted octanol–water partition coefficient (Wildman–Crippen LogP) is 2.08. The van der Waals surface area contributed by atoms with Gasteiger partial charge in [0.2, 0.25) is 10.0 Å². The van der Waals surface area contributed by atoms with E-state index in [2.05, 4.69) is 4.98 Å². The van der Waals surface area contributed by atoms with Gasteiger partial charge in [-0.05, 0) is 18.4 Å². The van der Waals surface area contributed by atoms with Crippen molar-refractivity contribution in [3.63, 3.8) is 0 Å². The first-order chi connectivity index (χ1) is 8.69. The summed E-state index contributed by atoms with van der Waals surface area (Å²) in [6, 6.07) is 1.58. The highest BCUT2D eigenvalue weighted by molar-refractivity contribution is 7.98. The van der Waals surface area contributed by atoms with Gasteiger partial charge < -0.3 is 0 Å². The third-order valence-electron chi connectivity index (χ3n) is 2.35. The summed E-state index contributed by atoms with van der Waals surface area (Å²) in [4.78, 5) is 2.90. The number of thioether (sulfide) groups is 1. The number of hydrogen-bond donors (Lipinski definition) is 0. The van der Waals surface area contributed by atoms with Crippen molar-refractivity contribution < 1.29 is 21.6 Å². The highest BCUT2D eigenvalue weighted by Gasteiger charge is 2.33. The minimum absolute atomic E-state index is 0.246. The second kappa shape index (κ2) is 6.10. The van der Waals surface area contributed by atoms with Gasteiger partial charge in [-0.25, -0.2) is 12.7 Å². The van der Waals surface area contributed by atoms with Gasteiger partial charge in [-0.15, -0.1) is 0 Å². The monoisotopic (exact) mass is 314 g/mol. The Hall–Kier alpha value is -0.800. The van der Waals surface area contributed by atoms with Gasteiger partial charge in [0.25, 0.3) is 0 Å². The minimum atomic E-state index is -4.58. The first-order valence-corrected chi connectivity index (χ1v) is 8.01. The van der Waals surface area contributed by atoms with Gasteiger partial charge in [0, 0.05) is 25.5 Å². The molecule has 0 aromatic carbocycles. The summed E-state index contributed by atoms with van der Waals surface area (Å²) in [5.41, 5.74) is -1.11. The van der Waals surface area contributed by atoms with Gasteiger partial charge >= 0.3 is 6.18 Å². The summed E-state index contributed by atoms with van der Waals surface area (Å²) in [5, 5.41) is 0. The summed E-state index contributed by atoms with van der Waals surface area (Å²) >= 11 is 1.48. The van der Waals surface area contributed by atoms with E-state index in [-0.39, 0.29) is 11.4 Å². The van der Waals surface area contributed by atoms with E-state index >= 15 is 0 Å². The van der Waals surface area contributed by atoms with Crippen molar-refractivity contribution in [3.05, 3.63) is 24.0 Å². The average molecular weight is 314 g/mol. The fraction of sp³-hybridized carbons (Fsp3) is 0.500. The lowest BCUT2D eigenvalue weighted by molar-refractivity contribution is -0.141. The van der Waals surface area contributed by atoms with Gasteiger partial charge in [-0.2, -0.15) is 24.9 Å². The highest BCUT2D eigenvalue weighted by atomic mass is 32.2. The number of hydrogen-bond acceptors (Lipinski definition) is 4. The molecule has 0 N–H and O–H groups in total. The number of pyridine rings is 1. The van der Waals surface area contributed by atoms with Crippen LogP contribution in [0.1, 0.15) is 5.69 Å². The molecule has 0 aliphatic carbocycles. The predicted molar refractivity (Wildman–Crippen MR) is 67.4 cm³/mol. The lowest BCUT2D eigenvalue weighted by Gasteiger charge is -2.16. The van der Waals surface area contributed by atoms with Crippen molar-refractivity contribution in [2.75, 3.05) is 25.6 Å². The second-order valence-corrected chi connectivity index (χ2v) is 6.73. The molecular formula is C10H13F3N2O2S2. The maximum atomic E-state index is 12.3. The number of nitrogens with zero attached hydrogens (tertiary/aromatic N) is 2. The number of rotatable bonds is 5. The molecule has 1 heterocycles. The summed E-state index contributed by atoms with van der Waals surface area (Å²) in [6.07, 6.45) is -2.01. The van der Waals surface area contributed by atoms with Crippen molar-refractivity contribution in [3.8, 4) is 0 Å². The molecule has 19 heavy (non-hydrogen) atoms. The zero-order chi connectivity index (χ0) is 14.7. The van der Waals surface area contributed by atoms with Crippen LogP contribution in [0.5, 0.6) is 0 Å². The SMILES string of the molecule is CSCCN(C)S(=O)(=O)c1ccc(C(F)(F)F)nc1. The van der Waals surface area contributed by atoms with E-state index in [9.17, 15) is 21.6 Å². The van der Waals surface area contributed by atoms with E-state index < -0.39 is 21.9 Å². The van der Waals surface area contributed by atoms with Gasteiger partial charge in [-0.1, -0.05) is 0 Å². The maximum absolute atomic E-state index is 12.3. The van der Waals surface area contributed by atoms with E-state index in [0.717, 1.165) is 16.6 Å². The van der Waals surface area contributed by atoms with E-state index in [4.69, 9.17) is 0 Å². The number of aromatic nitrogens is 1. The molecule has 1 rings (SSSR count). The molecule has 9 heteroatoms. The van der Waals surface area contributed by atoms with Gasteiger partial charge in [-0.3, -0.25) is 4.98 Å². The summed E-state index contributed by atoms with van der Waals surface area (Å²) in [5.74, 6) is 0.601. The Bertz CT molecular complexity index is 515. The molecule has 0 atom stereocenters. The Morgan fingerprint density at radius 1 is 1.37 bits per heavy atom. The molecule has 0 spiro atoms. The van der Waals surface area contributed by atoms with Crippen LogP contribution in [-0.4, -0.2) is 43.3 Å². The highest BCUT2D eigenvalue weighted by Crippen LogP contribution is 2.28. The Morgan fingerprint density at radius 3 is 2.42 bits per heavy atom. The molecule has 0 fully saturated rings. The summed E-state index contributed by atoms with van der Waals surface area (Å²) in [6.45, 7) is 0.282. The smallest absolute Gasteiger partial charge is 0.250 e. The van der Waals surface area contributed by atoms with Gasteiger partial charge in [0.15, 0.2) is 0 Å². The summed E-state index contributed by atoms with van der Waals surface area (Å²) in [7, 11) is -2.41. The largest absolute Gasteiger partial charge is 0.433 e. The number of halogens is 3. The maximum Gasteiger partial charge on any atom is 0.433 e. The molecule has 0 aliphatic rings. The minimum Gasteiger partial charge on any atom is -0.250 e. The van der Waals surface area contributed by atoms with Crippen molar-refractivity contribution in [2.45, 2.75) is 11.1 Å². The van der Waals surface area contributed by atoms with Crippen LogP contribution in [0.4, 0.5) is 13.2 Å². The van der Waals surface area contributed by atoms with Gasteiger partial charge in [0.1, 0.15) is 10.6 Å². The molecule has 1 aromatic rings. The zero-order valence-electron chi connectivity index (χ0n) is 10.3. The first kappa shape index (κ1) is 16.3. The van der Waals surface area contributed by atoms with E-state index in [1.807, 2.05) is 6.26 Å². The molecule has 0 aliphatic heterocycles. The third-order valence-corrected chi connectivity index (χ3v) is 4.78.